The predicted molar refractivity (Wildman–Crippen MR) is 130 cm³/mol. The largest absolute Gasteiger partial charge is 0.390 e. The molecule has 1 unspecified atom stereocenters. The minimum absolute atomic E-state index is 0.0428. The van der Waals surface area contributed by atoms with Crippen molar-refractivity contribution in [1.29, 1.82) is 0 Å². The average Bonchev–Trinajstić information content (AvgIpc) is 3.29. The number of carbonyl (C=O) groups is 2. The highest BCUT2D eigenvalue weighted by atomic mass is 16.3. The van der Waals surface area contributed by atoms with Crippen molar-refractivity contribution in [2.24, 2.45) is 5.73 Å². The maximum atomic E-state index is 13.2. The van der Waals surface area contributed by atoms with Gasteiger partial charge in [0.25, 0.3) is 5.91 Å². The minimum Gasteiger partial charge on any atom is -0.390 e. The van der Waals surface area contributed by atoms with Crippen molar-refractivity contribution in [3.05, 3.63) is 70.3 Å². The quantitative estimate of drug-likeness (QED) is 0.559. The van der Waals surface area contributed by atoms with Crippen LogP contribution in [0.4, 0.5) is 0 Å². The van der Waals surface area contributed by atoms with Crippen LogP contribution in [0.5, 0.6) is 0 Å². The Kier molecular flexibility index (Phi) is 5.74. The van der Waals surface area contributed by atoms with Gasteiger partial charge in [0.1, 0.15) is 6.29 Å². The fraction of sp³-hybridized carbons (Fsp3) is 0.481. The minimum atomic E-state index is -0.647. The number of hydrogen-bond donors (Lipinski definition) is 4. The van der Waals surface area contributed by atoms with E-state index in [2.05, 4.69) is 24.5 Å². The first kappa shape index (κ1) is 23.0. The van der Waals surface area contributed by atoms with Crippen molar-refractivity contribution in [3.63, 3.8) is 0 Å². The highest BCUT2D eigenvalue weighted by molar-refractivity contribution is 5.95. The van der Waals surface area contributed by atoms with Gasteiger partial charge >= 0.3 is 0 Å². The third kappa shape index (κ3) is 3.82. The lowest BCUT2D eigenvalue weighted by molar-refractivity contribution is -0.144. The number of nitrogens with one attached hydrogen (secondary N) is 2. The fourth-order valence-electron chi connectivity index (χ4n) is 5.93. The second-order valence-corrected chi connectivity index (χ2v) is 10.4. The molecule has 2 aromatic carbocycles. The van der Waals surface area contributed by atoms with Crippen molar-refractivity contribution in [2.75, 3.05) is 0 Å². The summed E-state index contributed by atoms with van der Waals surface area (Å²) in [4.78, 5) is 28.2. The zero-order valence-corrected chi connectivity index (χ0v) is 20.0. The van der Waals surface area contributed by atoms with Crippen molar-refractivity contribution < 1.29 is 14.7 Å². The van der Waals surface area contributed by atoms with E-state index in [1.165, 1.54) is 0 Å². The molecule has 1 saturated heterocycles. The molecule has 5 rings (SSSR count). The molecule has 0 radical (unpaired) electrons. The molecule has 5 N–H and O–H groups in total. The topological polar surface area (TPSA) is 108 Å². The molecule has 0 spiro atoms. The Balaban J connectivity index is 1.40. The summed E-state index contributed by atoms with van der Waals surface area (Å²) >= 11 is 0. The lowest BCUT2D eigenvalue weighted by Gasteiger charge is -2.46. The molecule has 2 amide bonds. The van der Waals surface area contributed by atoms with E-state index in [0.29, 0.717) is 18.4 Å². The van der Waals surface area contributed by atoms with Gasteiger partial charge < -0.3 is 15.3 Å². The van der Waals surface area contributed by atoms with Crippen molar-refractivity contribution >= 4 is 11.8 Å². The van der Waals surface area contributed by atoms with Crippen LogP contribution in [-0.4, -0.2) is 39.8 Å². The molecule has 1 heterocycles. The molecule has 3 aliphatic rings. The molecule has 6 atom stereocenters. The molecule has 7 nitrogen and oxygen atoms in total. The number of aliphatic hydroxyl groups excluding tert-OH is 1. The zero-order chi connectivity index (χ0) is 24.2. The fourth-order valence-corrected chi connectivity index (χ4v) is 5.93. The molecule has 0 saturated carbocycles. The monoisotopic (exact) mass is 462 g/mol. The van der Waals surface area contributed by atoms with E-state index in [4.69, 9.17) is 5.73 Å². The van der Waals surface area contributed by atoms with Crippen LogP contribution in [0, 0.1) is 0 Å². The molecule has 7 heteroatoms. The third-order valence-electron chi connectivity index (χ3n) is 8.05. The van der Waals surface area contributed by atoms with Crippen molar-refractivity contribution in [3.8, 4) is 0 Å². The second kappa shape index (κ2) is 8.48. The highest BCUT2D eigenvalue weighted by Crippen LogP contribution is 2.45. The third-order valence-corrected chi connectivity index (χ3v) is 8.05. The molecule has 0 bridgehead atoms. The maximum Gasteiger partial charge on any atom is 0.251 e. The maximum absolute atomic E-state index is 13.2. The number of hydrogen-bond acceptors (Lipinski definition) is 5. The van der Waals surface area contributed by atoms with Gasteiger partial charge in [0, 0.05) is 23.9 Å². The van der Waals surface area contributed by atoms with Gasteiger partial charge in [-0.05, 0) is 60.1 Å². The van der Waals surface area contributed by atoms with E-state index < -0.39 is 18.4 Å². The van der Waals surface area contributed by atoms with Crippen LogP contribution >= 0.6 is 0 Å². The Morgan fingerprint density at radius 3 is 2.74 bits per heavy atom. The summed E-state index contributed by atoms with van der Waals surface area (Å²) in [6.07, 6.45) is 1.31. The van der Waals surface area contributed by atoms with Crippen molar-refractivity contribution in [2.45, 2.75) is 82.4 Å². The number of amides is 2. The van der Waals surface area contributed by atoms with Gasteiger partial charge in [0.2, 0.25) is 5.91 Å². The van der Waals surface area contributed by atoms with E-state index in [1.54, 1.807) is 4.90 Å². The van der Waals surface area contributed by atoms with E-state index in [1.807, 2.05) is 49.4 Å². The summed E-state index contributed by atoms with van der Waals surface area (Å²) in [6, 6.07) is 12.9. The van der Waals surface area contributed by atoms with E-state index in [0.717, 1.165) is 35.1 Å². The van der Waals surface area contributed by atoms with Gasteiger partial charge in [0.05, 0.1) is 18.2 Å². The first-order valence-electron chi connectivity index (χ1n) is 12.3. The zero-order valence-electron chi connectivity index (χ0n) is 20.0. The van der Waals surface area contributed by atoms with E-state index in [-0.39, 0.29) is 29.3 Å². The SMILES string of the molecule is CC[C@]1(C)CC(=O)N([C@@H]2C[C@@H](C)c3ccc(C(=O)N[C@@H]4c5ccccc5C[C@H]4O)cc32)C(N)N1. The van der Waals surface area contributed by atoms with Gasteiger partial charge in [-0.25, -0.2) is 0 Å². The van der Waals surface area contributed by atoms with Crippen LogP contribution in [0.25, 0.3) is 0 Å². The molecule has 0 aromatic heterocycles. The van der Waals surface area contributed by atoms with Crippen LogP contribution < -0.4 is 16.4 Å². The number of nitrogens with zero attached hydrogens (tertiary/aromatic N) is 1. The van der Waals surface area contributed by atoms with Gasteiger partial charge in [-0.1, -0.05) is 44.2 Å². The summed E-state index contributed by atoms with van der Waals surface area (Å²) in [5.74, 6) is 0.0779. The molecule has 1 fully saturated rings. The van der Waals surface area contributed by atoms with Crippen LogP contribution in [-0.2, 0) is 11.2 Å². The summed E-state index contributed by atoms with van der Waals surface area (Å²) in [6.45, 7) is 6.24. The number of nitrogens with two attached hydrogens (primary N) is 1. The highest BCUT2D eigenvalue weighted by Gasteiger charge is 2.44. The molecule has 180 valence electrons. The molecular weight excluding hydrogens is 428 g/mol. The Morgan fingerprint density at radius 2 is 2.00 bits per heavy atom. The van der Waals surface area contributed by atoms with E-state index >= 15 is 0 Å². The van der Waals surface area contributed by atoms with E-state index in [9.17, 15) is 14.7 Å². The lowest BCUT2D eigenvalue weighted by Crippen LogP contribution is -2.67. The number of benzene rings is 2. The summed E-state index contributed by atoms with van der Waals surface area (Å²) < 4.78 is 0. The first-order chi connectivity index (χ1) is 16.2. The molecule has 2 aromatic rings. The predicted octanol–water partition coefficient (Wildman–Crippen LogP) is 2.86. The Bertz CT molecular complexity index is 1130. The summed E-state index contributed by atoms with van der Waals surface area (Å²) in [7, 11) is 0. The summed E-state index contributed by atoms with van der Waals surface area (Å²) in [5, 5.41) is 17.0. The Morgan fingerprint density at radius 1 is 1.24 bits per heavy atom. The molecule has 2 aliphatic carbocycles. The Hall–Kier alpha value is -2.74. The standard InChI is InChI=1S/C27H34N4O3/c1-4-27(3)14-23(33)31(26(28)30-27)21-11-15(2)18-10-9-17(12-20(18)21)25(34)29-24-19-8-6-5-7-16(19)13-22(24)32/h5-10,12,15,21-22,24,26,30,32H,4,11,13-14,28H2,1-3H3,(H,29,34)/t15-,21-,22-,24-,26?,27-/m1/s1. The lowest BCUT2D eigenvalue weighted by atomic mass is 9.90. The first-order valence-corrected chi connectivity index (χ1v) is 12.3. The number of carbonyl (C=O) groups excluding carboxylic acids is 2. The van der Waals surface area contributed by atoms with Crippen LogP contribution in [0.3, 0.4) is 0 Å². The van der Waals surface area contributed by atoms with Crippen LogP contribution in [0.15, 0.2) is 42.5 Å². The van der Waals surface area contributed by atoms with Crippen molar-refractivity contribution in [1.82, 2.24) is 15.5 Å². The average molecular weight is 463 g/mol. The van der Waals surface area contributed by atoms with Gasteiger partial charge in [-0.2, -0.15) is 0 Å². The number of fused-ring (bicyclic) bond motifs is 2. The van der Waals surface area contributed by atoms with Gasteiger partial charge in [-0.3, -0.25) is 20.6 Å². The number of aliphatic hydroxyl groups is 1. The van der Waals surface area contributed by atoms with Gasteiger partial charge in [-0.15, -0.1) is 0 Å². The number of rotatable bonds is 4. The molecule has 34 heavy (non-hydrogen) atoms. The molecule has 1 aliphatic heterocycles. The smallest absolute Gasteiger partial charge is 0.251 e. The van der Waals surface area contributed by atoms with Crippen LogP contribution in [0.1, 0.15) is 90.6 Å². The van der Waals surface area contributed by atoms with Crippen LogP contribution in [0.2, 0.25) is 0 Å². The Labute approximate surface area is 200 Å². The van der Waals surface area contributed by atoms with Gasteiger partial charge in [0.15, 0.2) is 0 Å². The molecular formula is C27H34N4O3. The normalized spacial score (nSPS) is 32.4. The summed E-state index contributed by atoms with van der Waals surface area (Å²) in [5.41, 5.74) is 10.8. The second-order valence-electron chi connectivity index (χ2n) is 10.4.